The molecule has 0 spiro atoms. The quantitative estimate of drug-likeness (QED) is 0.627. The van der Waals surface area contributed by atoms with Crippen molar-refractivity contribution in [3.8, 4) is 17.2 Å². The second-order valence-corrected chi connectivity index (χ2v) is 9.52. The maximum absolute atomic E-state index is 13.4. The molecule has 0 unspecified atom stereocenters. The van der Waals surface area contributed by atoms with Crippen molar-refractivity contribution < 1.29 is 19.0 Å². The van der Waals surface area contributed by atoms with Crippen LogP contribution >= 0.6 is 0 Å². The summed E-state index contributed by atoms with van der Waals surface area (Å²) in [6, 6.07) is 14.4. The van der Waals surface area contributed by atoms with Gasteiger partial charge in [-0.3, -0.25) is 4.79 Å². The number of aryl methyl sites for hydroxylation is 1. The minimum Gasteiger partial charge on any atom is -0.454 e. The molecule has 0 bridgehead atoms. The van der Waals surface area contributed by atoms with E-state index in [1.54, 1.807) is 0 Å². The molecular formula is C27H29N3O4. The van der Waals surface area contributed by atoms with E-state index >= 15 is 0 Å². The first kappa shape index (κ1) is 21.2. The minimum absolute atomic E-state index is 0.101. The lowest BCUT2D eigenvalue weighted by Crippen LogP contribution is -2.44. The van der Waals surface area contributed by atoms with Crippen LogP contribution in [0.5, 0.6) is 11.5 Å². The molecule has 34 heavy (non-hydrogen) atoms. The second-order valence-electron chi connectivity index (χ2n) is 9.52. The first-order valence-electron chi connectivity index (χ1n) is 12.1. The van der Waals surface area contributed by atoms with Crippen molar-refractivity contribution in [1.82, 2.24) is 15.1 Å². The summed E-state index contributed by atoms with van der Waals surface area (Å²) in [7, 11) is 0. The summed E-state index contributed by atoms with van der Waals surface area (Å²) in [5.74, 6) is 1.44. The molecule has 1 aromatic heterocycles. The van der Waals surface area contributed by atoms with E-state index in [1.807, 2.05) is 10.7 Å². The largest absolute Gasteiger partial charge is 0.454 e. The zero-order chi connectivity index (χ0) is 23.1. The number of hydrogen-bond acceptors (Lipinski definition) is 5. The predicted molar refractivity (Wildman–Crippen MR) is 127 cm³/mol. The van der Waals surface area contributed by atoms with Crippen molar-refractivity contribution in [1.29, 1.82) is 0 Å². The highest BCUT2D eigenvalue weighted by molar-refractivity contribution is 5.94. The Balaban J connectivity index is 1.27. The molecule has 1 saturated heterocycles. The summed E-state index contributed by atoms with van der Waals surface area (Å²) in [5.41, 5.74) is 5.95. The average molecular weight is 460 g/mol. The van der Waals surface area contributed by atoms with E-state index in [0.29, 0.717) is 25.5 Å². The molecular weight excluding hydrogens is 430 g/mol. The Kier molecular flexibility index (Phi) is 5.29. The van der Waals surface area contributed by atoms with Gasteiger partial charge >= 0.3 is 0 Å². The number of rotatable bonds is 5. The van der Waals surface area contributed by atoms with Gasteiger partial charge in [-0.05, 0) is 68.9 Å². The van der Waals surface area contributed by atoms with Gasteiger partial charge in [0.15, 0.2) is 17.2 Å². The van der Waals surface area contributed by atoms with Crippen LogP contribution in [0.4, 0.5) is 0 Å². The summed E-state index contributed by atoms with van der Waals surface area (Å²) in [5, 5.41) is 8.02. The van der Waals surface area contributed by atoms with E-state index in [2.05, 4.69) is 48.6 Å². The molecule has 3 aromatic rings. The number of fused-ring (bicyclic) bond motifs is 2. The third kappa shape index (κ3) is 3.64. The number of ether oxygens (including phenoxy) is 3. The highest BCUT2D eigenvalue weighted by Gasteiger charge is 2.37. The average Bonchev–Trinajstić information content (AvgIpc) is 3.60. The van der Waals surface area contributed by atoms with Gasteiger partial charge in [-0.2, -0.15) is 5.10 Å². The van der Waals surface area contributed by atoms with E-state index in [4.69, 9.17) is 19.3 Å². The number of hydrogen-bond donors (Lipinski definition) is 1. The fourth-order valence-corrected chi connectivity index (χ4v) is 5.41. The Morgan fingerprint density at radius 3 is 2.68 bits per heavy atom. The number of nitrogens with zero attached hydrogens (tertiary/aromatic N) is 2. The number of amides is 1. The molecule has 1 amide bonds. The topological polar surface area (TPSA) is 74.6 Å². The van der Waals surface area contributed by atoms with Gasteiger partial charge in [0.1, 0.15) is 0 Å². The van der Waals surface area contributed by atoms with Crippen LogP contribution in [0.1, 0.15) is 52.1 Å². The van der Waals surface area contributed by atoms with E-state index in [9.17, 15) is 4.79 Å². The molecule has 2 aromatic carbocycles. The van der Waals surface area contributed by atoms with Gasteiger partial charge in [0, 0.05) is 36.4 Å². The van der Waals surface area contributed by atoms with E-state index in [0.717, 1.165) is 66.1 Å². The number of nitrogens with one attached hydrogen (secondary N) is 1. The van der Waals surface area contributed by atoms with Gasteiger partial charge < -0.3 is 19.5 Å². The molecule has 1 fully saturated rings. The second kappa shape index (κ2) is 8.47. The first-order valence-corrected chi connectivity index (χ1v) is 12.1. The van der Waals surface area contributed by atoms with Gasteiger partial charge in [0.05, 0.1) is 5.69 Å². The molecule has 0 saturated carbocycles. The van der Waals surface area contributed by atoms with Crippen molar-refractivity contribution in [2.45, 2.75) is 44.4 Å². The fraction of sp³-hybridized carbons (Fsp3) is 0.407. The van der Waals surface area contributed by atoms with Crippen LogP contribution in [0, 0.1) is 6.92 Å². The van der Waals surface area contributed by atoms with Gasteiger partial charge in [-0.15, -0.1) is 0 Å². The molecule has 7 nitrogen and oxygen atoms in total. The molecule has 0 radical (unpaired) electrons. The Labute approximate surface area is 199 Å². The number of benzene rings is 2. The molecule has 3 aliphatic rings. The van der Waals surface area contributed by atoms with E-state index in [-0.39, 0.29) is 18.1 Å². The van der Waals surface area contributed by atoms with Gasteiger partial charge in [-0.1, -0.05) is 23.8 Å². The summed E-state index contributed by atoms with van der Waals surface area (Å²) in [6.07, 6.45) is 4.57. The summed E-state index contributed by atoms with van der Waals surface area (Å²) in [4.78, 5) is 13.4. The van der Waals surface area contributed by atoms with Crippen molar-refractivity contribution >= 4 is 5.91 Å². The van der Waals surface area contributed by atoms with Crippen LogP contribution in [0.2, 0.25) is 0 Å². The van der Waals surface area contributed by atoms with Crippen LogP contribution < -0.4 is 14.8 Å². The fourth-order valence-electron chi connectivity index (χ4n) is 5.41. The lowest BCUT2D eigenvalue weighted by molar-refractivity contribution is 0.0486. The Morgan fingerprint density at radius 2 is 1.85 bits per heavy atom. The van der Waals surface area contributed by atoms with Crippen LogP contribution in [-0.4, -0.2) is 42.2 Å². The van der Waals surface area contributed by atoms with Gasteiger partial charge in [0.25, 0.3) is 5.91 Å². The third-order valence-corrected chi connectivity index (χ3v) is 7.45. The first-order chi connectivity index (χ1) is 16.6. The molecule has 176 valence electrons. The maximum Gasteiger partial charge on any atom is 0.272 e. The maximum atomic E-state index is 13.4. The van der Waals surface area contributed by atoms with Gasteiger partial charge in [0.2, 0.25) is 6.79 Å². The molecule has 2 aliphatic heterocycles. The standard InChI is InChI=1S/C27H29N3O4/c1-18-5-8-20(9-6-18)30-22-4-2-3-21(22)25(29-30)26(31)28-16-27(11-13-32-14-12-27)19-7-10-23-24(15-19)34-17-33-23/h5-10,15H,2-4,11-14,16-17H2,1H3,(H,28,31). The summed E-state index contributed by atoms with van der Waals surface area (Å²) >= 11 is 0. The molecule has 1 aliphatic carbocycles. The normalized spacial score (nSPS) is 18.0. The van der Waals surface area contributed by atoms with Crippen molar-refractivity contribution in [2.24, 2.45) is 0 Å². The Bertz CT molecular complexity index is 1230. The predicted octanol–water partition coefficient (Wildman–Crippen LogP) is 3.88. The van der Waals surface area contributed by atoms with Crippen molar-refractivity contribution in [2.75, 3.05) is 26.6 Å². The van der Waals surface area contributed by atoms with E-state index in [1.165, 1.54) is 5.56 Å². The van der Waals surface area contributed by atoms with Crippen LogP contribution in [0.25, 0.3) is 5.69 Å². The zero-order valence-electron chi connectivity index (χ0n) is 19.4. The third-order valence-electron chi connectivity index (χ3n) is 7.45. The van der Waals surface area contributed by atoms with Crippen LogP contribution in [0.15, 0.2) is 42.5 Å². The molecule has 0 atom stereocenters. The molecule has 6 rings (SSSR count). The highest BCUT2D eigenvalue weighted by Crippen LogP contribution is 2.40. The Hall–Kier alpha value is -3.32. The lowest BCUT2D eigenvalue weighted by Gasteiger charge is -2.38. The zero-order valence-corrected chi connectivity index (χ0v) is 19.4. The van der Waals surface area contributed by atoms with E-state index < -0.39 is 0 Å². The van der Waals surface area contributed by atoms with Gasteiger partial charge in [-0.25, -0.2) is 4.68 Å². The Morgan fingerprint density at radius 1 is 1.06 bits per heavy atom. The van der Waals surface area contributed by atoms with Crippen molar-refractivity contribution in [3.05, 3.63) is 70.5 Å². The molecule has 3 heterocycles. The smallest absolute Gasteiger partial charge is 0.272 e. The molecule has 1 N–H and O–H groups in total. The SMILES string of the molecule is Cc1ccc(-n2nc(C(=O)NCC3(c4ccc5c(c4)OCO5)CCOCC3)c3c2CCC3)cc1. The molecule has 7 heteroatoms. The minimum atomic E-state index is -0.211. The highest BCUT2D eigenvalue weighted by atomic mass is 16.7. The van der Waals surface area contributed by atoms with Crippen LogP contribution in [0.3, 0.4) is 0 Å². The number of aromatic nitrogens is 2. The monoisotopic (exact) mass is 459 g/mol. The number of carbonyl (C=O) groups excluding carboxylic acids is 1. The number of carbonyl (C=O) groups is 1. The van der Waals surface area contributed by atoms with Crippen molar-refractivity contribution in [3.63, 3.8) is 0 Å². The summed E-state index contributed by atoms with van der Waals surface area (Å²) in [6.45, 7) is 4.19. The lowest BCUT2D eigenvalue weighted by atomic mass is 9.74. The summed E-state index contributed by atoms with van der Waals surface area (Å²) < 4.78 is 18.7. The van der Waals surface area contributed by atoms with Crippen LogP contribution in [-0.2, 0) is 23.0 Å².